The zero-order chi connectivity index (χ0) is 17.9. The molecule has 25 heavy (non-hydrogen) atoms. The number of methoxy groups -OCH3 is 1. The lowest BCUT2D eigenvalue weighted by molar-refractivity contribution is 0.0180. The normalized spacial score (nSPS) is 15.4. The second kappa shape index (κ2) is 7.37. The third-order valence-corrected chi connectivity index (χ3v) is 5.73. The highest BCUT2D eigenvalue weighted by Crippen LogP contribution is 2.40. The molecule has 1 aliphatic rings. The molecule has 6 heteroatoms. The van der Waals surface area contributed by atoms with Gasteiger partial charge in [-0.3, -0.25) is 9.59 Å². The minimum atomic E-state index is -0.436. The van der Waals surface area contributed by atoms with Crippen molar-refractivity contribution in [3.63, 3.8) is 0 Å². The highest BCUT2D eigenvalue weighted by Gasteiger charge is 2.37. The summed E-state index contributed by atoms with van der Waals surface area (Å²) in [4.78, 5) is 24.3. The minimum absolute atomic E-state index is 0.0883. The van der Waals surface area contributed by atoms with Crippen LogP contribution in [0.3, 0.4) is 0 Å². The summed E-state index contributed by atoms with van der Waals surface area (Å²) in [6.07, 6.45) is 3.37. The van der Waals surface area contributed by atoms with Crippen molar-refractivity contribution in [1.29, 1.82) is 0 Å². The quantitative estimate of drug-likeness (QED) is 0.798. The Bertz CT molecular complexity index is 780. The van der Waals surface area contributed by atoms with Gasteiger partial charge in [-0.15, -0.1) is 11.3 Å². The van der Waals surface area contributed by atoms with Crippen molar-refractivity contribution in [2.45, 2.75) is 19.3 Å². The highest BCUT2D eigenvalue weighted by molar-refractivity contribution is 7.12. The SMILES string of the molecule is COCC1(CNC(=O)c2cccc(-c3csc(C(N)=O)c3)c2)CCC1. The Morgan fingerprint density at radius 3 is 2.68 bits per heavy atom. The number of nitrogens with two attached hydrogens (primary N) is 1. The first kappa shape index (κ1) is 17.6. The minimum Gasteiger partial charge on any atom is -0.384 e. The first-order chi connectivity index (χ1) is 12.0. The van der Waals surface area contributed by atoms with E-state index in [4.69, 9.17) is 10.5 Å². The molecular formula is C19H22N2O3S. The number of carbonyl (C=O) groups is 2. The molecule has 0 unspecified atom stereocenters. The molecule has 1 fully saturated rings. The highest BCUT2D eigenvalue weighted by atomic mass is 32.1. The van der Waals surface area contributed by atoms with E-state index in [1.54, 1.807) is 19.2 Å². The van der Waals surface area contributed by atoms with Gasteiger partial charge in [0, 0.05) is 24.6 Å². The van der Waals surface area contributed by atoms with Gasteiger partial charge in [0.2, 0.25) is 0 Å². The van der Waals surface area contributed by atoms with Crippen molar-refractivity contribution in [3.05, 3.63) is 46.2 Å². The van der Waals surface area contributed by atoms with Crippen LogP contribution in [-0.2, 0) is 4.74 Å². The molecule has 0 saturated heterocycles. The van der Waals surface area contributed by atoms with Gasteiger partial charge in [0.1, 0.15) is 0 Å². The summed E-state index contributed by atoms with van der Waals surface area (Å²) >= 11 is 1.31. The fourth-order valence-electron chi connectivity index (χ4n) is 3.18. The molecule has 0 spiro atoms. The van der Waals surface area contributed by atoms with Gasteiger partial charge < -0.3 is 15.8 Å². The maximum atomic E-state index is 12.5. The number of hydrogen-bond acceptors (Lipinski definition) is 4. The second-order valence-electron chi connectivity index (χ2n) is 6.61. The summed E-state index contributed by atoms with van der Waals surface area (Å²) in [7, 11) is 1.70. The van der Waals surface area contributed by atoms with Crippen LogP contribution in [0.4, 0.5) is 0 Å². The van der Waals surface area contributed by atoms with Crippen LogP contribution in [0.2, 0.25) is 0 Å². The van der Waals surface area contributed by atoms with Crippen LogP contribution in [0.25, 0.3) is 11.1 Å². The first-order valence-corrected chi connectivity index (χ1v) is 9.17. The Kier molecular flexibility index (Phi) is 5.20. The number of hydrogen-bond donors (Lipinski definition) is 2. The van der Waals surface area contributed by atoms with Crippen molar-refractivity contribution in [2.24, 2.45) is 11.1 Å². The summed E-state index contributed by atoms with van der Waals surface area (Å²) in [5.74, 6) is -0.524. The number of amides is 2. The monoisotopic (exact) mass is 358 g/mol. The summed E-state index contributed by atoms with van der Waals surface area (Å²) in [5, 5.41) is 4.91. The van der Waals surface area contributed by atoms with Gasteiger partial charge in [0.25, 0.3) is 11.8 Å². The van der Waals surface area contributed by atoms with E-state index < -0.39 is 5.91 Å². The van der Waals surface area contributed by atoms with Gasteiger partial charge >= 0.3 is 0 Å². The lowest BCUT2D eigenvalue weighted by Gasteiger charge is -2.41. The van der Waals surface area contributed by atoms with Gasteiger partial charge in [-0.05, 0) is 47.5 Å². The molecule has 1 aromatic heterocycles. The fourth-order valence-corrected chi connectivity index (χ4v) is 3.95. The summed E-state index contributed by atoms with van der Waals surface area (Å²) < 4.78 is 5.30. The fraction of sp³-hybridized carbons (Fsp3) is 0.368. The second-order valence-corrected chi connectivity index (χ2v) is 7.53. The van der Waals surface area contributed by atoms with Crippen molar-refractivity contribution < 1.29 is 14.3 Å². The predicted molar refractivity (Wildman–Crippen MR) is 98.8 cm³/mol. The average molecular weight is 358 g/mol. The molecule has 0 bridgehead atoms. The van der Waals surface area contributed by atoms with E-state index in [2.05, 4.69) is 5.32 Å². The summed E-state index contributed by atoms with van der Waals surface area (Å²) in [6.45, 7) is 1.31. The lowest BCUT2D eigenvalue weighted by atomic mass is 9.69. The van der Waals surface area contributed by atoms with Gasteiger partial charge in [-0.1, -0.05) is 18.6 Å². The number of nitrogens with one attached hydrogen (secondary N) is 1. The predicted octanol–water partition coefficient (Wildman–Crippen LogP) is 3.06. The molecule has 2 aromatic rings. The van der Waals surface area contributed by atoms with Crippen molar-refractivity contribution >= 4 is 23.2 Å². The number of thiophene rings is 1. The van der Waals surface area contributed by atoms with Gasteiger partial charge in [-0.25, -0.2) is 0 Å². The first-order valence-electron chi connectivity index (χ1n) is 8.29. The molecule has 1 aromatic carbocycles. The van der Waals surface area contributed by atoms with Crippen molar-refractivity contribution in [2.75, 3.05) is 20.3 Å². The molecule has 5 nitrogen and oxygen atoms in total. The molecule has 132 valence electrons. The summed E-state index contributed by atoms with van der Waals surface area (Å²) in [6, 6.07) is 9.16. The van der Waals surface area contributed by atoms with Gasteiger partial charge in [0.15, 0.2) is 0 Å². The molecule has 0 radical (unpaired) electrons. The van der Waals surface area contributed by atoms with E-state index in [0.717, 1.165) is 24.0 Å². The molecule has 0 atom stereocenters. The smallest absolute Gasteiger partial charge is 0.258 e. The van der Waals surface area contributed by atoms with E-state index >= 15 is 0 Å². The van der Waals surface area contributed by atoms with Crippen LogP contribution in [0, 0.1) is 5.41 Å². The molecular weight excluding hydrogens is 336 g/mol. The van der Waals surface area contributed by atoms with Crippen LogP contribution >= 0.6 is 11.3 Å². The maximum Gasteiger partial charge on any atom is 0.258 e. The van der Waals surface area contributed by atoms with Crippen LogP contribution in [-0.4, -0.2) is 32.1 Å². The van der Waals surface area contributed by atoms with Crippen LogP contribution in [0.1, 0.15) is 39.3 Å². The average Bonchev–Trinajstić information content (AvgIpc) is 3.07. The molecule has 1 aliphatic carbocycles. The van der Waals surface area contributed by atoms with Gasteiger partial charge in [0.05, 0.1) is 11.5 Å². The van der Waals surface area contributed by atoms with Crippen LogP contribution in [0.5, 0.6) is 0 Å². The Labute approximate surface area is 151 Å². The zero-order valence-electron chi connectivity index (χ0n) is 14.2. The van der Waals surface area contributed by atoms with E-state index in [9.17, 15) is 9.59 Å². The molecule has 3 rings (SSSR count). The Balaban J connectivity index is 1.70. The summed E-state index contributed by atoms with van der Waals surface area (Å²) in [5.41, 5.74) is 7.79. The standard InChI is InChI=1S/C19H22N2O3S/c1-24-12-19(6-3-7-19)11-21-18(23)14-5-2-4-13(8-14)15-9-16(17(20)22)25-10-15/h2,4-5,8-10H,3,6-7,11-12H2,1H3,(H2,20,22)(H,21,23). The van der Waals surface area contributed by atoms with Crippen LogP contribution < -0.4 is 11.1 Å². The van der Waals surface area contributed by atoms with Crippen molar-refractivity contribution in [1.82, 2.24) is 5.32 Å². The topological polar surface area (TPSA) is 81.4 Å². The van der Waals surface area contributed by atoms with E-state index in [1.807, 2.05) is 23.6 Å². The van der Waals surface area contributed by atoms with Crippen molar-refractivity contribution in [3.8, 4) is 11.1 Å². The molecule has 1 heterocycles. The molecule has 0 aliphatic heterocycles. The Hall–Kier alpha value is -2.18. The third-order valence-electron chi connectivity index (χ3n) is 4.79. The zero-order valence-corrected chi connectivity index (χ0v) is 15.0. The number of ether oxygens (including phenoxy) is 1. The molecule has 2 amide bonds. The Morgan fingerprint density at radius 2 is 2.08 bits per heavy atom. The van der Waals surface area contributed by atoms with Crippen LogP contribution in [0.15, 0.2) is 35.7 Å². The lowest BCUT2D eigenvalue weighted by Crippen LogP contribution is -2.45. The Morgan fingerprint density at radius 1 is 1.28 bits per heavy atom. The van der Waals surface area contributed by atoms with E-state index in [1.165, 1.54) is 17.8 Å². The van der Waals surface area contributed by atoms with E-state index in [-0.39, 0.29) is 11.3 Å². The number of primary amides is 1. The largest absolute Gasteiger partial charge is 0.384 e. The molecule has 1 saturated carbocycles. The van der Waals surface area contributed by atoms with E-state index in [0.29, 0.717) is 23.6 Å². The van der Waals surface area contributed by atoms with Gasteiger partial charge in [-0.2, -0.15) is 0 Å². The number of carbonyl (C=O) groups excluding carboxylic acids is 2. The maximum absolute atomic E-state index is 12.5. The molecule has 3 N–H and O–H groups in total. The number of benzene rings is 1. The number of rotatable bonds is 7. The third kappa shape index (κ3) is 3.91.